The zero-order valence-electron chi connectivity index (χ0n) is 10.8. The van der Waals surface area contributed by atoms with Gasteiger partial charge in [0.25, 0.3) is 10.0 Å². The Morgan fingerprint density at radius 2 is 2.00 bits per heavy atom. The van der Waals surface area contributed by atoms with Crippen LogP contribution in [0.4, 0.5) is 5.69 Å². The van der Waals surface area contributed by atoms with Crippen LogP contribution in [0.5, 0.6) is 0 Å². The molecule has 0 spiro atoms. The van der Waals surface area contributed by atoms with E-state index in [-0.39, 0.29) is 26.2 Å². The first kappa shape index (κ1) is 15.6. The normalized spacial score (nSPS) is 11.0. The number of hydrogen-bond acceptors (Lipinski definition) is 4. The summed E-state index contributed by atoms with van der Waals surface area (Å²) in [6.07, 6.45) is 1.44. The molecule has 0 atom stereocenters. The van der Waals surface area contributed by atoms with E-state index in [0.717, 1.165) is 0 Å². The number of aryl methyl sites for hydroxylation is 1. The van der Waals surface area contributed by atoms with Gasteiger partial charge in [0, 0.05) is 6.20 Å². The first-order valence-electron chi connectivity index (χ1n) is 5.69. The van der Waals surface area contributed by atoms with Gasteiger partial charge in [-0.15, -0.1) is 0 Å². The predicted molar refractivity (Wildman–Crippen MR) is 81.0 cm³/mol. The fraction of sp³-hybridized carbons (Fsp3) is 0.0769. The second-order valence-electron chi connectivity index (χ2n) is 4.12. The smallest absolute Gasteiger partial charge is 0.263 e. The van der Waals surface area contributed by atoms with Gasteiger partial charge in [-0.25, -0.2) is 8.42 Å². The number of nitriles is 1. The molecule has 0 unspecified atom stereocenters. The summed E-state index contributed by atoms with van der Waals surface area (Å²) in [6.45, 7) is 1.66. The minimum absolute atomic E-state index is 0.0385. The Morgan fingerprint density at radius 3 is 2.62 bits per heavy atom. The van der Waals surface area contributed by atoms with E-state index in [1.165, 1.54) is 30.5 Å². The molecule has 1 aromatic heterocycles. The molecule has 0 amide bonds. The third kappa shape index (κ3) is 3.27. The summed E-state index contributed by atoms with van der Waals surface area (Å²) in [4.78, 5) is 3.82. The zero-order chi connectivity index (χ0) is 15.6. The maximum atomic E-state index is 12.3. The van der Waals surface area contributed by atoms with E-state index in [1.807, 2.05) is 6.07 Å². The molecule has 2 rings (SSSR count). The lowest BCUT2D eigenvalue weighted by Gasteiger charge is -2.11. The van der Waals surface area contributed by atoms with E-state index >= 15 is 0 Å². The summed E-state index contributed by atoms with van der Waals surface area (Å²) in [5.74, 6) is 0. The van der Waals surface area contributed by atoms with Crippen LogP contribution in [0.1, 0.15) is 11.3 Å². The number of rotatable bonds is 3. The van der Waals surface area contributed by atoms with Gasteiger partial charge in [-0.05, 0) is 31.2 Å². The number of pyridine rings is 1. The Morgan fingerprint density at radius 1 is 1.29 bits per heavy atom. The van der Waals surface area contributed by atoms with Crippen LogP contribution in [0.2, 0.25) is 10.0 Å². The summed E-state index contributed by atoms with van der Waals surface area (Å²) >= 11 is 11.9. The molecular formula is C13H9Cl2N3O2S. The Labute approximate surface area is 132 Å². The number of aromatic nitrogens is 1. The molecule has 1 N–H and O–H groups in total. The van der Waals surface area contributed by atoms with Crippen molar-refractivity contribution in [2.24, 2.45) is 0 Å². The third-order valence-electron chi connectivity index (χ3n) is 2.66. The van der Waals surface area contributed by atoms with Gasteiger partial charge < -0.3 is 0 Å². The number of benzene rings is 1. The molecule has 5 nitrogen and oxygen atoms in total. The lowest BCUT2D eigenvalue weighted by Crippen LogP contribution is -2.14. The van der Waals surface area contributed by atoms with E-state index in [1.54, 1.807) is 6.92 Å². The van der Waals surface area contributed by atoms with E-state index < -0.39 is 10.0 Å². The molecule has 0 saturated heterocycles. The Kier molecular flexibility index (Phi) is 4.37. The third-order valence-corrected chi connectivity index (χ3v) is 4.98. The first-order chi connectivity index (χ1) is 9.85. The molecule has 0 bridgehead atoms. The Hall–Kier alpha value is -1.81. The number of nitrogens with zero attached hydrogens (tertiary/aromatic N) is 2. The van der Waals surface area contributed by atoms with E-state index in [4.69, 9.17) is 28.5 Å². The second-order valence-corrected chi connectivity index (χ2v) is 6.56. The summed E-state index contributed by atoms with van der Waals surface area (Å²) < 4.78 is 27.0. The maximum Gasteiger partial charge on any atom is 0.263 e. The van der Waals surface area contributed by atoms with Crippen LogP contribution < -0.4 is 4.72 Å². The van der Waals surface area contributed by atoms with Crippen LogP contribution in [0.3, 0.4) is 0 Å². The van der Waals surface area contributed by atoms with Crippen molar-refractivity contribution in [1.29, 1.82) is 5.26 Å². The van der Waals surface area contributed by atoms with Crippen molar-refractivity contribution in [3.63, 3.8) is 0 Å². The van der Waals surface area contributed by atoms with Crippen molar-refractivity contribution in [3.05, 3.63) is 51.8 Å². The molecule has 21 heavy (non-hydrogen) atoms. The van der Waals surface area contributed by atoms with Gasteiger partial charge in [0.15, 0.2) is 0 Å². The standard InChI is InChI=1S/C13H9Cl2N3O2S/c1-8-13(15)11(4-5-17-8)18-21(19,20)12-3-2-9(7-16)6-10(12)14/h2-6H,1H3,(H,17,18). The minimum Gasteiger partial charge on any atom is -0.278 e. The number of halogens is 2. The molecule has 2 aromatic rings. The van der Waals surface area contributed by atoms with Crippen molar-refractivity contribution < 1.29 is 8.42 Å². The zero-order valence-corrected chi connectivity index (χ0v) is 13.1. The summed E-state index contributed by atoms with van der Waals surface area (Å²) in [7, 11) is -3.91. The molecule has 8 heteroatoms. The van der Waals surface area contributed by atoms with Gasteiger partial charge in [0.05, 0.1) is 33.1 Å². The topological polar surface area (TPSA) is 82.8 Å². The summed E-state index contributed by atoms with van der Waals surface area (Å²) in [5, 5.41) is 8.94. The van der Waals surface area contributed by atoms with Crippen molar-refractivity contribution in [2.45, 2.75) is 11.8 Å². The Bertz CT molecular complexity index is 845. The van der Waals surface area contributed by atoms with Crippen molar-refractivity contribution in [1.82, 2.24) is 4.98 Å². The molecule has 0 aliphatic carbocycles. The lowest BCUT2D eigenvalue weighted by molar-refractivity contribution is 0.601. The average Bonchev–Trinajstić information content (AvgIpc) is 2.43. The van der Waals surface area contributed by atoms with Gasteiger partial charge in [0.2, 0.25) is 0 Å². The molecular weight excluding hydrogens is 333 g/mol. The Balaban J connectivity index is 2.44. The molecule has 1 aromatic carbocycles. The van der Waals surface area contributed by atoms with Crippen LogP contribution in [0.15, 0.2) is 35.4 Å². The van der Waals surface area contributed by atoms with E-state index in [2.05, 4.69) is 9.71 Å². The lowest BCUT2D eigenvalue weighted by atomic mass is 10.2. The molecule has 0 aliphatic rings. The van der Waals surface area contributed by atoms with Gasteiger partial charge in [-0.1, -0.05) is 23.2 Å². The number of sulfonamides is 1. The van der Waals surface area contributed by atoms with Crippen LogP contribution in [-0.2, 0) is 10.0 Å². The quantitative estimate of drug-likeness (QED) is 0.927. The van der Waals surface area contributed by atoms with Gasteiger partial charge in [-0.2, -0.15) is 5.26 Å². The second kappa shape index (κ2) is 5.90. The molecule has 0 fully saturated rings. The summed E-state index contributed by atoms with van der Waals surface area (Å²) in [6, 6.07) is 7.26. The highest BCUT2D eigenvalue weighted by Crippen LogP contribution is 2.28. The van der Waals surface area contributed by atoms with Crippen molar-refractivity contribution >= 4 is 38.9 Å². The maximum absolute atomic E-state index is 12.3. The molecule has 0 aliphatic heterocycles. The highest BCUT2D eigenvalue weighted by atomic mass is 35.5. The predicted octanol–water partition coefficient (Wildman–Crippen LogP) is 3.37. The van der Waals surface area contributed by atoms with Crippen molar-refractivity contribution in [2.75, 3.05) is 4.72 Å². The molecule has 0 saturated carbocycles. The molecule has 108 valence electrons. The van der Waals surface area contributed by atoms with Crippen LogP contribution >= 0.6 is 23.2 Å². The average molecular weight is 342 g/mol. The van der Waals surface area contributed by atoms with Gasteiger partial charge >= 0.3 is 0 Å². The van der Waals surface area contributed by atoms with Crippen LogP contribution in [-0.4, -0.2) is 13.4 Å². The van der Waals surface area contributed by atoms with Crippen LogP contribution in [0, 0.1) is 18.3 Å². The van der Waals surface area contributed by atoms with E-state index in [9.17, 15) is 8.42 Å². The highest BCUT2D eigenvalue weighted by Gasteiger charge is 2.20. The largest absolute Gasteiger partial charge is 0.278 e. The molecule has 1 heterocycles. The number of nitrogens with one attached hydrogen (secondary N) is 1. The summed E-state index contributed by atoms with van der Waals surface area (Å²) in [5.41, 5.74) is 0.990. The fourth-order valence-electron chi connectivity index (χ4n) is 1.62. The SMILES string of the molecule is Cc1nccc(NS(=O)(=O)c2ccc(C#N)cc2Cl)c1Cl. The fourth-order valence-corrected chi connectivity index (χ4v) is 3.45. The van der Waals surface area contributed by atoms with E-state index in [0.29, 0.717) is 5.69 Å². The highest BCUT2D eigenvalue weighted by molar-refractivity contribution is 7.92. The van der Waals surface area contributed by atoms with Crippen LogP contribution in [0.25, 0.3) is 0 Å². The minimum atomic E-state index is -3.91. The number of anilines is 1. The van der Waals surface area contributed by atoms with Gasteiger partial charge in [0.1, 0.15) is 4.90 Å². The molecule has 0 radical (unpaired) electrons. The first-order valence-corrected chi connectivity index (χ1v) is 7.92. The number of hydrogen-bond donors (Lipinski definition) is 1. The monoisotopic (exact) mass is 341 g/mol. The van der Waals surface area contributed by atoms with Crippen molar-refractivity contribution in [3.8, 4) is 6.07 Å². The van der Waals surface area contributed by atoms with Gasteiger partial charge in [-0.3, -0.25) is 9.71 Å².